The summed E-state index contributed by atoms with van der Waals surface area (Å²) in [5.74, 6) is 0.372. The van der Waals surface area contributed by atoms with Gasteiger partial charge in [0.25, 0.3) is 5.91 Å². The van der Waals surface area contributed by atoms with Gasteiger partial charge in [0, 0.05) is 24.4 Å². The number of amides is 1. The maximum atomic E-state index is 12.1. The summed E-state index contributed by atoms with van der Waals surface area (Å²) in [6.45, 7) is 0.526. The Kier molecular flexibility index (Phi) is 3.52. The molecule has 1 aromatic carbocycles. The zero-order valence-electron chi connectivity index (χ0n) is 11.3. The fraction of sp³-hybridized carbons (Fsp3) is 0.333. The largest absolute Gasteiger partial charge is 0.380 e. The molecule has 3 rings (SSSR count). The quantitative estimate of drug-likeness (QED) is 0.878. The van der Waals surface area contributed by atoms with Crippen molar-refractivity contribution in [2.45, 2.75) is 25.4 Å². The van der Waals surface area contributed by atoms with Crippen LogP contribution >= 0.6 is 0 Å². The summed E-state index contributed by atoms with van der Waals surface area (Å²) < 4.78 is 5.08. The molecule has 0 saturated heterocycles. The van der Waals surface area contributed by atoms with E-state index in [0.717, 1.165) is 16.9 Å². The minimum atomic E-state index is -0.192. The maximum Gasteiger partial charge on any atom is 0.276 e. The summed E-state index contributed by atoms with van der Waals surface area (Å²) >= 11 is 0. The number of ether oxygens (including phenoxy) is 1. The molecule has 1 amide bonds. The van der Waals surface area contributed by atoms with Gasteiger partial charge in [-0.3, -0.25) is 9.89 Å². The standard InChI is InChI=1S/C15H17N3O2/c1-20-9-10-3-2-4-12(7-10)16-15(19)14-8-13(17-18-14)11-5-6-11/h2-4,7-8,11H,5-6,9H2,1H3,(H,16,19)(H,17,18). The van der Waals surface area contributed by atoms with E-state index in [1.54, 1.807) is 7.11 Å². The van der Waals surface area contributed by atoms with Crippen LogP contribution in [0.25, 0.3) is 0 Å². The molecule has 1 fully saturated rings. The van der Waals surface area contributed by atoms with Gasteiger partial charge in [0.15, 0.2) is 5.69 Å². The van der Waals surface area contributed by atoms with E-state index in [-0.39, 0.29) is 5.91 Å². The van der Waals surface area contributed by atoms with Crippen molar-refractivity contribution >= 4 is 11.6 Å². The number of benzene rings is 1. The predicted octanol–water partition coefficient (Wildman–Crippen LogP) is 2.69. The number of nitrogens with one attached hydrogen (secondary N) is 2. The van der Waals surface area contributed by atoms with Gasteiger partial charge in [0.1, 0.15) is 0 Å². The Hall–Kier alpha value is -2.14. The van der Waals surface area contributed by atoms with Gasteiger partial charge in [0.05, 0.1) is 6.61 Å². The third kappa shape index (κ3) is 2.88. The topological polar surface area (TPSA) is 67.0 Å². The summed E-state index contributed by atoms with van der Waals surface area (Å²) in [7, 11) is 1.65. The first-order chi connectivity index (χ1) is 9.76. The third-order valence-corrected chi connectivity index (χ3v) is 3.34. The molecule has 5 heteroatoms. The van der Waals surface area contributed by atoms with Crippen LogP contribution in [-0.4, -0.2) is 23.2 Å². The lowest BCUT2D eigenvalue weighted by atomic mass is 10.2. The van der Waals surface area contributed by atoms with Crippen molar-refractivity contribution in [2.24, 2.45) is 0 Å². The normalized spacial score (nSPS) is 14.2. The van der Waals surface area contributed by atoms with Crippen LogP contribution in [-0.2, 0) is 11.3 Å². The smallest absolute Gasteiger partial charge is 0.276 e. The predicted molar refractivity (Wildman–Crippen MR) is 75.7 cm³/mol. The Balaban J connectivity index is 1.69. The number of H-pyrrole nitrogens is 1. The van der Waals surface area contributed by atoms with Gasteiger partial charge < -0.3 is 10.1 Å². The van der Waals surface area contributed by atoms with E-state index >= 15 is 0 Å². The lowest BCUT2D eigenvalue weighted by molar-refractivity contribution is 0.102. The summed E-state index contributed by atoms with van der Waals surface area (Å²) in [5.41, 5.74) is 3.26. The first kappa shape index (κ1) is 12.9. The second kappa shape index (κ2) is 5.46. The van der Waals surface area contributed by atoms with Crippen molar-refractivity contribution in [2.75, 3.05) is 12.4 Å². The SMILES string of the molecule is COCc1cccc(NC(=O)c2cc(C3CC3)[nH]n2)c1. The summed E-state index contributed by atoms with van der Waals surface area (Å²) in [6.07, 6.45) is 2.37. The Morgan fingerprint density at radius 2 is 2.30 bits per heavy atom. The van der Waals surface area contributed by atoms with Crippen LogP contribution in [0.5, 0.6) is 0 Å². The molecule has 0 aliphatic heterocycles. The lowest BCUT2D eigenvalue weighted by Gasteiger charge is -2.05. The summed E-state index contributed by atoms with van der Waals surface area (Å²) in [5, 5.41) is 9.86. The van der Waals surface area contributed by atoms with E-state index in [4.69, 9.17) is 4.74 Å². The number of aromatic nitrogens is 2. The molecule has 1 heterocycles. The second-order valence-corrected chi connectivity index (χ2v) is 5.07. The van der Waals surface area contributed by atoms with Crippen molar-refractivity contribution in [3.8, 4) is 0 Å². The van der Waals surface area contributed by atoms with Crippen LogP contribution in [0.4, 0.5) is 5.69 Å². The number of rotatable bonds is 5. The molecular weight excluding hydrogens is 254 g/mol. The number of methoxy groups -OCH3 is 1. The van der Waals surface area contributed by atoms with Gasteiger partial charge in [0.2, 0.25) is 0 Å². The van der Waals surface area contributed by atoms with Gasteiger partial charge in [-0.15, -0.1) is 0 Å². The molecule has 0 unspecified atom stereocenters. The van der Waals surface area contributed by atoms with Crippen molar-refractivity contribution in [1.82, 2.24) is 10.2 Å². The van der Waals surface area contributed by atoms with Crippen LogP contribution in [0, 0.1) is 0 Å². The average Bonchev–Trinajstić information content (AvgIpc) is 3.17. The molecule has 0 atom stereocenters. The highest BCUT2D eigenvalue weighted by Crippen LogP contribution is 2.39. The first-order valence-electron chi connectivity index (χ1n) is 6.71. The number of nitrogens with zero attached hydrogens (tertiary/aromatic N) is 1. The number of carbonyl (C=O) groups is 1. The van der Waals surface area contributed by atoms with Crippen LogP contribution < -0.4 is 5.32 Å². The maximum absolute atomic E-state index is 12.1. The molecule has 0 radical (unpaired) electrons. The van der Waals surface area contributed by atoms with Crippen molar-refractivity contribution in [1.29, 1.82) is 0 Å². The van der Waals surface area contributed by atoms with Crippen LogP contribution in [0.3, 0.4) is 0 Å². The van der Waals surface area contributed by atoms with E-state index in [0.29, 0.717) is 18.2 Å². The zero-order valence-corrected chi connectivity index (χ0v) is 11.3. The van der Waals surface area contributed by atoms with Gasteiger partial charge >= 0.3 is 0 Å². The molecule has 1 aromatic heterocycles. The van der Waals surface area contributed by atoms with Gasteiger partial charge in [-0.25, -0.2) is 0 Å². The van der Waals surface area contributed by atoms with E-state index < -0.39 is 0 Å². The van der Waals surface area contributed by atoms with E-state index in [9.17, 15) is 4.79 Å². The lowest BCUT2D eigenvalue weighted by Crippen LogP contribution is -2.12. The fourth-order valence-corrected chi connectivity index (χ4v) is 2.16. The number of carbonyl (C=O) groups excluding carboxylic acids is 1. The average molecular weight is 271 g/mol. The van der Waals surface area contributed by atoms with Crippen LogP contribution in [0.15, 0.2) is 30.3 Å². The van der Waals surface area contributed by atoms with Gasteiger partial charge in [-0.05, 0) is 36.6 Å². The zero-order chi connectivity index (χ0) is 13.9. The van der Waals surface area contributed by atoms with E-state index in [1.807, 2.05) is 30.3 Å². The molecule has 2 aromatic rings. The molecule has 0 spiro atoms. The Bertz CT molecular complexity index is 617. The Morgan fingerprint density at radius 1 is 1.45 bits per heavy atom. The van der Waals surface area contributed by atoms with E-state index in [1.165, 1.54) is 12.8 Å². The molecule has 20 heavy (non-hydrogen) atoms. The minimum absolute atomic E-state index is 0.192. The van der Waals surface area contributed by atoms with Crippen molar-refractivity contribution < 1.29 is 9.53 Å². The molecule has 2 N–H and O–H groups in total. The monoisotopic (exact) mass is 271 g/mol. The highest BCUT2D eigenvalue weighted by Gasteiger charge is 2.26. The summed E-state index contributed by atoms with van der Waals surface area (Å²) in [4.78, 5) is 12.1. The van der Waals surface area contributed by atoms with Crippen molar-refractivity contribution in [3.05, 3.63) is 47.3 Å². The third-order valence-electron chi connectivity index (χ3n) is 3.34. The van der Waals surface area contributed by atoms with Gasteiger partial charge in [-0.1, -0.05) is 12.1 Å². The molecule has 1 aliphatic rings. The second-order valence-electron chi connectivity index (χ2n) is 5.07. The van der Waals surface area contributed by atoms with Gasteiger partial charge in [-0.2, -0.15) is 5.10 Å². The number of aromatic amines is 1. The first-order valence-corrected chi connectivity index (χ1v) is 6.71. The number of hydrogen-bond acceptors (Lipinski definition) is 3. The Labute approximate surface area is 117 Å². The highest BCUT2D eigenvalue weighted by molar-refractivity contribution is 6.02. The molecule has 104 valence electrons. The molecule has 1 aliphatic carbocycles. The number of hydrogen-bond donors (Lipinski definition) is 2. The summed E-state index contributed by atoms with van der Waals surface area (Å²) in [6, 6.07) is 9.44. The van der Waals surface area contributed by atoms with Crippen LogP contribution in [0.2, 0.25) is 0 Å². The fourth-order valence-electron chi connectivity index (χ4n) is 2.16. The Morgan fingerprint density at radius 3 is 3.05 bits per heavy atom. The van der Waals surface area contributed by atoms with E-state index in [2.05, 4.69) is 15.5 Å². The van der Waals surface area contributed by atoms with Crippen LogP contribution in [0.1, 0.15) is 40.5 Å². The number of anilines is 1. The molecule has 1 saturated carbocycles. The molecule has 0 bridgehead atoms. The highest BCUT2D eigenvalue weighted by atomic mass is 16.5. The molecular formula is C15H17N3O2. The minimum Gasteiger partial charge on any atom is -0.380 e. The molecule has 5 nitrogen and oxygen atoms in total. The van der Waals surface area contributed by atoms with Crippen molar-refractivity contribution in [3.63, 3.8) is 0 Å².